The van der Waals surface area contributed by atoms with Crippen molar-refractivity contribution in [1.29, 1.82) is 0 Å². The monoisotopic (exact) mass is 467 g/mol. The Hall–Kier alpha value is -4.13. The summed E-state index contributed by atoms with van der Waals surface area (Å²) in [4.78, 5) is 35.1. The minimum absolute atomic E-state index is 0.0590. The van der Waals surface area contributed by atoms with Crippen molar-refractivity contribution in [3.8, 4) is 0 Å². The topological polar surface area (TPSA) is 70.5 Å². The number of nitrogens with one attached hydrogen (secondary N) is 1. The van der Waals surface area contributed by atoms with E-state index in [9.17, 15) is 9.59 Å². The molecule has 35 heavy (non-hydrogen) atoms. The van der Waals surface area contributed by atoms with Crippen molar-refractivity contribution in [1.82, 2.24) is 19.8 Å². The molecule has 1 fully saturated rings. The molecule has 0 unspecified atom stereocenters. The van der Waals surface area contributed by atoms with Gasteiger partial charge in [0.1, 0.15) is 12.4 Å². The zero-order valence-electron chi connectivity index (χ0n) is 19.8. The van der Waals surface area contributed by atoms with Crippen LogP contribution in [0.4, 0.5) is 5.69 Å². The lowest BCUT2D eigenvalue weighted by molar-refractivity contribution is -0.132. The molecular weight excluding hydrogens is 438 g/mol. The molecule has 1 atom stereocenters. The van der Waals surface area contributed by atoms with Crippen LogP contribution in [0.25, 0.3) is 11.0 Å². The highest BCUT2D eigenvalue weighted by molar-refractivity contribution is 5.94. The first kappa shape index (κ1) is 22.7. The predicted molar refractivity (Wildman–Crippen MR) is 137 cm³/mol. The number of piperazine rings is 1. The predicted octanol–water partition coefficient (Wildman–Crippen LogP) is 3.88. The van der Waals surface area contributed by atoms with Crippen molar-refractivity contribution < 1.29 is 9.59 Å². The molecule has 3 aromatic carbocycles. The molecule has 7 nitrogen and oxygen atoms in total. The number of fused-ring (bicyclic) bond motifs is 1. The zero-order valence-corrected chi connectivity index (χ0v) is 19.8. The van der Waals surface area contributed by atoms with Gasteiger partial charge in [-0.2, -0.15) is 0 Å². The van der Waals surface area contributed by atoms with Crippen LogP contribution in [0.3, 0.4) is 0 Å². The molecule has 5 rings (SSSR count). The minimum Gasteiger partial charge on any atom is -0.368 e. The van der Waals surface area contributed by atoms with E-state index in [1.54, 1.807) is 12.1 Å². The second kappa shape index (κ2) is 10.0. The largest absolute Gasteiger partial charge is 0.368 e. The molecule has 1 aliphatic heterocycles. The number of rotatable bonds is 6. The van der Waals surface area contributed by atoms with E-state index in [2.05, 4.69) is 22.3 Å². The van der Waals surface area contributed by atoms with Crippen molar-refractivity contribution in [2.24, 2.45) is 0 Å². The highest BCUT2D eigenvalue weighted by Crippen LogP contribution is 2.22. The Kier molecular flexibility index (Phi) is 6.48. The number of imidazole rings is 1. The van der Waals surface area contributed by atoms with Gasteiger partial charge >= 0.3 is 0 Å². The summed E-state index contributed by atoms with van der Waals surface area (Å²) in [7, 11) is 0. The fourth-order valence-electron chi connectivity index (χ4n) is 4.61. The molecular formula is C28H29N5O2. The number of aromatic nitrogens is 2. The van der Waals surface area contributed by atoms with Gasteiger partial charge in [0.2, 0.25) is 5.91 Å². The van der Waals surface area contributed by atoms with Gasteiger partial charge in [0, 0.05) is 37.4 Å². The van der Waals surface area contributed by atoms with Crippen LogP contribution in [0.15, 0.2) is 84.9 Å². The molecule has 2 heterocycles. The molecule has 0 aliphatic carbocycles. The van der Waals surface area contributed by atoms with E-state index in [-0.39, 0.29) is 24.4 Å². The summed E-state index contributed by atoms with van der Waals surface area (Å²) in [5.74, 6) is 0.565. The summed E-state index contributed by atoms with van der Waals surface area (Å²) in [6.45, 7) is 5.05. The van der Waals surface area contributed by atoms with E-state index in [4.69, 9.17) is 4.98 Å². The number of benzene rings is 3. The second-order valence-corrected chi connectivity index (χ2v) is 8.81. The standard InChI is InChI=1S/C28H29N5O2/c1-21(29-28(35)22-10-4-2-5-11-22)27-30-24-14-8-9-15-25(24)33(27)20-26(34)32-18-16-31(17-19-32)23-12-6-3-7-13-23/h2-15,21H,16-20H2,1H3,(H,29,35)/t21-/m0/s1. The molecule has 0 bridgehead atoms. The Morgan fingerprint density at radius 1 is 0.857 bits per heavy atom. The van der Waals surface area contributed by atoms with Gasteiger partial charge < -0.3 is 19.7 Å². The summed E-state index contributed by atoms with van der Waals surface area (Å²) in [6, 6.07) is 26.8. The van der Waals surface area contributed by atoms with Crippen molar-refractivity contribution in [2.75, 3.05) is 31.1 Å². The SMILES string of the molecule is C[C@H](NC(=O)c1ccccc1)c1nc2ccccc2n1CC(=O)N1CCN(c2ccccc2)CC1. The van der Waals surface area contributed by atoms with Crippen LogP contribution in [-0.2, 0) is 11.3 Å². The Labute approximate surface area is 205 Å². The van der Waals surface area contributed by atoms with Crippen LogP contribution < -0.4 is 10.2 Å². The molecule has 1 aromatic heterocycles. The number of carbonyl (C=O) groups excluding carboxylic acids is 2. The molecule has 0 saturated carbocycles. The Morgan fingerprint density at radius 3 is 2.20 bits per heavy atom. The third-order valence-corrected chi connectivity index (χ3v) is 6.50. The summed E-state index contributed by atoms with van der Waals surface area (Å²) in [6.07, 6.45) is 0. The Balaban J connectivity index is 1.32. The van der Waals surface area contributed by atoms with Crippen LogP contribution in [0.5, 0.6) is 0 Å². The maximum Gasteiger partial charge on any atom is 0.251 e. The van der Waals surface area contributed by atoms with E-state index in [0.29, 0.717) is 24.5 Å². The first-order valence-electron chi connectivity index (χ1n) is 12.0. The average Bonchev–Trinajstić information content (AvgIpc) is 3.28. The molecule has 4 aromatic rings. The molecule has 0 radical (unpaired) electrons. The average molecular weight is 468 g/mol. The first-order chi connectivity index (χ1) is 17.1. The lowest BCUT2D eigenvalue weighted by atomic mass is 10.2. The molecule has 1 N–H and O–H groups in total. The quantitative estimate of drug-likeness (QED) is 0.467. The number of para-hydroxylation sites is 3. The number of hydrogen-bond acceptors (Lipinski definition) is 4. The van der Waals surface area contributed by atoms with Gasteiger partial charge in [0.05, 0.1) is 17.1 Å². The van der Waals surface area contributed by atoms with Crippen LogP contribution >= 0.6 is 0 Å². The van der Waals surface area contributed by atoms with Crippen molar-refractivity contribution >= 4 is 28.5 Å². The lowest BCUT2D eigenvalue weighted by Gasteiger charge is -2.36. The van der Waals surface area contributed by atoms with Crippen LogP contribution in [0, 0.1) is 0 Å². The van der Waals surface area contributed by atoms with Gasteiger partial charge in [-0.05, 0) is 43.3 Å². The summed E-state index contributed by atoms with van der Waals surface area (Å²) in [5.41, 5.74) is 3.48. The van der Waals surface area contributed by atoms with Gasteiger partial charge in [-0.3, -0.25) is 9.59 Å². The van der Waals surface area contributed by atoms with Crippen molar-refractivity contribution in [3.63, 3.8) is 0 Å². The molecule has 1 aliphatic rings. The Bertz CT molecular complexity index is 1310. The highest BCUT2D eigenvalue weighted by Gasteiger charge is 2.25. The molecule has 1 saturated heterocycles. The van der Waals surface area contributed by atoms with Crippen LogP contribution in [0.2, 0.25) is 0 Å². The fourth-order valence-corrected chi connectivity index (χ4v) is 4.61. The normalized spacial score (nSPS) is 14.7. The maximum atomic E-state index is 13.3. The number of hydrogen-bond donors (Lipinski definition) is 1. The summed E-state index contributed by atoms with van der Waals surface area (Å²) < 4.78 is 1.94. The van der Waals surface area contributed by atoms with Gasteiger partial charge in [-0.15, -0.1) is 0 Å². The van der Waals surface area contributed by atoms with E-state index < -0.39 is 0 Å². The third kappa shape index (κ3) is 4.89. The first-order valence-corrected chi connectivity index (χ1v) is 12.0. The third-order valence-electron chi connectivity index (χ3n) is 6.50. The summed E-state index contributed by atoms with van der Waals surface area (Å²) >= 11 is 0. The lowest BCUT2D eigenvalue weighted by Crippen LogP contribution is -2.49. The maximum absolute atomic E-state index is 13.3. The van der Waals surface area contributed by atoms with E-state index in [1.807, 2.05) is 77.1 Å². The number of anilines is 1. The molecule has 7 heteroatoms. The van der Waals surface area contributed by atoms with Crippen LogP contribution in [0.1, 0.15) is 29.1 Å². The second-order valence-electron chi connectivity index (χ2n) is 8.81. The highest BCUT2D eigenvalue weighted by atomic mass is 16.2. The molecule has 0 spiro atoms. The van der Waals surface area contributed by atoms with E-state index >= 15 is 0 Å². The van der Waals surface area contributed by atoms with Crippen LogP contribution in [-0.4, -0.2) is 52.4 Å². The minimum atomic E-state index is -0.363. The number of nitrogens with zero attached hydrogens (tertiary/aromatic N) is 4. The fraction of sp³-hybridized carbons (Fsp3) is 0.250. The molecule has 2 amide bonds. The van der Waals surface area contributed by atoms with E-state index in [1.165, 1.54) is 5.69 Å². The smallest absolute Gasteiger partial charge is 0.251 e. The van der Waals surface area contributed by atoms with Gasteiger partial charge in [0.15, 0.2) is 0 Å². The zero-order chi connectivity index (χ0) is 24.2. The van der Waals surface area contributed by atoms with E-state index in [0.717, 1.165) is 24.1 Å². The van der Waals surface area contributed by atoms with Gasteiger partial charge in [-0.1, -0.05) is 48.5 Å². The Morgan fingerprint density at radius 2 is 1.49 bits per heavy atom. The molecule has 178 valence electrons. The van der Waals surface area contributed by atoms with Gasteiger partial charge in [-0.25, -0.2) is 4.98 Å². The van der Waals surface area contributed by atoms with Crippen molar-refractivity contribution in [2.45, 2.75) is 19.5 Å². The van der Waals surface area contributed by atoms with Crippen molar-refractivity contribution in [3.05, 3.63) is 96.3 Å². The van der Waals surface area contributed by atoms with Gasteiger partial charge in [0.25, 0.3) is 5.91 Å². The number of amides is 2. The number of carbonyl (C=O) groups is 2. The summed E-state index contributed by atoms with van der Waals surface area (Å²) in [5, 5.41) is 3.04.